The van der Waals surface area contributed by atoms with E-state index in [1.807, 2.05) is 11.8 Å². The van der Waals surface area contributed by atoms with Gasteiger partial charge in [0.1, 0.15) is 0 Å². The van der Waals surface area contributed by atoms with E-state index < -0.39 is 0 Å². The maximum absolute atomic E-state index is 4.82. The van der Waals surface area contributed by atoms with E-state index in [1.54, 1.807) is 0 Å². The van der Waals surface area contributed by atoms with Crippen LogP contribution in [-0.4, -0.2) is 23.5 Å². The molecule has 0 aromatic carbocycles. The minimum Gasteiger partial charge on any atom is -0.362 e. The number of nitrogens with one attached hydrogen (secondary N) is 1. The van der Waals surface area contributed by atoms with E-state index in [-0.39, 0.29) is 0 Å². The highest BCUT2D eigenvalue weighted by Crippen LogP contribution is 2.61. The largest absolute Gasteiger partial charge is 0.362 e. The Bertz CT molecular complexity index is 419. The number of thioether (sulfide) groups is 1. The topological polar surface area (TPSA) is 24.4 Å². The fourth-order valence-corrected chi connectivity index (χ4v) is 6.81. The molecule has 0 aromatic heterocycles. The van der Waals surface area contributed by atoms with Crippen molar-refractivity contribution in [3.8, 4) is 0 Å². The fraction of sp³-hybridized carbons (Fsp3) is 0.944. The third-order valence-electron chi connectivity index (χ3n) is 6.59. The molecular formula is C18H30N2S. The summed E-state index contributed by atoms with van der Waals surface area (Å²) in [6.45, 7) is 8.07. The van der Waals surface area contributed by atoms with Crippen LogP contribution in [0, 0.1) is 28.6 Å². The molecule has 0 spiro atoms. The number of hydrogen-bond acceptors (Lipinski definition) is 3. The van der Waals surface area contributed by atoms with Gasteiger partial charge in [0.05, 0.1) is 0 Å². The monoisotopic (exact) mass is 306 g/mol. The summed E-state index contributed by atoms with van der Waals surface area (Å²) >= 11 is 1.94. The standard InChI is InChI=1S/C18H30N2S/c1-12(20-16-19-10-17(2,3)11-21-16)18-7-13-4-14(8-18)6-15(5-13)9-18/h12-15H,4-11H2,1-3H3,(H,19,20). The summed E-state index contributed by atoms with van der Waals surface area (Å²) in [6.07, 6.45) is 9.06. The molecule has 4 aliphatic carbocycles. The predicted octanol–water partition coefficient (Wildman–Crippen LogP) is 4.31. The van der Waals surface area contributed by atoms with Gasteiger partial charge in [0.2, 0.25) is 0 Å². The summed E-state index contributed by atoms with van der Waals surface area (Å²) < 4.78 is 0. The van der Waals surface area contributed by atoms with Crippen LogP contribution in [0.1, 0.15) is 59.3 Å². The van der Waals surface area contributed by atoms with Crippen LogP contribution < -0.4 is 5.32 Å². The number of rotatable bonds is 2. The van der Waals surface area contributed by atoms with E-state index in [0.717, 1.165) is 24.3 Å². The van der Waals surface area contributed by atoms with Crippen LogP contribution in [0.3, 0.4) is 0 Å². The summed E-state index contributed by atoms with van der Waals surface area (Å²) in [7, 11) is 0. The highest BCUT2D eigenvalue weighted by Gasteiger charge is 2.53. The second kappa shape index (κ2) is 4.91. The molecule has 1 unspecified atom stereocenters. The van der Waals surface area contributed by atoms with Crippen molar-refractivity contribution < 1.29 is 0 Å². The van der Waals surface area contributed by atoms with Crippen molar-refractivity contribution in [1.29, 1.82) is 0 Å². The first-order valence-corrected chi connectivity index (χ1v) is 9.86. The van der Waals surface area contributed by atoms with Crippen LogP contribution in [0.15, 0.2) is 4.99 Å². The summed E-state index contributed by atoms with van der Waals surface area (Å²) in [6, 6.07) is 0.610. The molecule has 5 aliphatic rings. The molecule has 4 saturated carbocycles. The van der Waals surface area contributed by atoms with Gasteiger partial charge in [-0.2, -0.15) is 0 Å². The molecule has 1 atom stereocenters. The summed E-state index contributed by atoms with van der Waals surface area (Å²) in [5.41, 5.74) is 0.963. The van der Waals surface area contributed by atoms with E-state index in [9.17, 15) is 0 Å². The van der Waals surface area contributed by atoms with Crippen LogP contribution >= 0.6 is 11.8 Å². The average Bonchev–Trinajstić information content (AvgIpc) is 2.39. The Labute approximate surface area is 133 Å². The van der Waals surface area contributed by atoms with Crippen molar-refractivity contribution in [2.75, 3.05) is 12.3 Å². The molecule has 1 N–H and O–H groups in total. The first-order valence-electron chi connectivity index (χ1n) is 8.88. The molecule has 21 heavy (non-hydrogen) atoms. The van der Waals surface area contributed by atoms with Crippen LogP contribution in [0.25, 0.3) is 0 Å². The van der Waals surface area contributed by atoms with E-state index in [1.165, 1.54) is 49.4 Å². The molecule has 0 saturated heterocycles. The van der Waals surface area contributed by atoms with Gasteiger partial charge in [0.15, 0.2) is 5.17 Å². The van der Waals surface area contributed by atoms with E-state index in [2.05, 4.69) is 26.1 Å². The number of nitrogens with zero attached hydrogens (tertiary/aromatic N) is 1. The van der Waals surface area contributed by atoms with Crippen molar-refractivity contribution in [3.63, 3.8) is 0 Å². The summed E-state index contributed by atoms with van der Waals surface area (Å²) in [5.74, 6) is 4.33. The molecule has 1 heterocycles. The fourth-order valence-electron chi connectivity index (χ4n) is 5.77. The molecule has 2 nitrogen and oxygen atoms in total. The van der Waals surface area contributed by atoms with Crippen LogP contribution in [0.2, 0.25) is 0 Å². The van der Waals surface area contributed by atoms with E-state index in [4.69, 9.17) is 4.99 Å². The maximum Gasteiger partial charge on any atom is 0.156 e. The minimum absolute atomic E-state index is 0.375. The van der Waals surface area contributed by atoms with Gasteiger partial charge in [-0.15, -0.1) is 0 Å². The lowest BCUT2D eigenvalue weighted by atomic mass is 9.48. The van der Waals surface area contributed by atoms with Crippen molar-refractivity contribution >= 4 is 16.9 Å². The second-order valence-electron chi connectivity index (χ2n) is 9.22. The van der Waals surface area contributed by atoms with E-state index >= 15 is 0 Å². The van der Waals surface area contributed by atoms with Gasteiger partial charge in [-0.3, -0.25) is 4.99 Å². The molecule has 5 rings (SSSR count). The van der Waals surface area contributed by atoms with Crippen molar-refractivity contribution in [2.45, 2.75) is 65.3 Å². The normalized spacial score (nSPS) is 45.3. The Hall–Kier alpha value is -0.180. The molecule has 3 heteroatoms. The summed E-state index contributed by atoms with van der Waals surface area (Å²) in [4.78, 5) is 4.82. The number of aliphatic imine (C=N–C) groups is 1. The zero-order chi connectivity index (χ0) is 14.7. The Morgan fingerprint density at radius 1 is 1.10 bits per heavy atom. The molecule has 0 aromatic rings. The van der Waals surface area contributed by atoms with Crippen LogP contribution in [0.5, 0.6) is 0 Å². The van der Waals surface area contributed by atoms with Crippen molar-refractivity contribution in [3.05, 3.63) is 0 Å². The van der Waals surface area contributed by atoms with Gasteiger partial charge in [0.25, 0.3) is 0 Å². The number of amidine groups is 1. The van der Waals surface area contributed by atoms with Gasteiger partial charge in [-0.25, -0.2) is 0 Å². The van der Waals surface area contributed by atoms with Gasteiger partial charge in [0, 0.05) is 18.3 Å². The first-order chi connectivity index (χ1) is 9.94. The smallest absolute Gasteiger partial charge is 0.156 e. The Balaban J connectivity index is 1.46. The summed E-state index contributed by atoms with van der Waals surface area (Å²) in [5, 5.41) is 5.05. The Morgan fingerprint density at radius 3 is 2.14 bits per heavy atom. The Morgan fingerprint density at radius 2 is 1.67 bits per heavy atom. The van der Waals surface area contributed by atoms with Gasteiger partial charge < -0.3 is 5.32 Å². The highest BCUT2D eigenvalue weighted by molar-refractivity contribution is 8.13. The molecule has 0 radical (unpaired) electrons. The third-order valence-corrected chi connectivity index (χ3v) is 8.04. The van der Waals surface area contributed by atoms with Crippen LogP contribution in [0.4, 0.5) is 0 Å². The zero-order valence-electron chi connectivity index (χ0n) is 13.8. The van der Waals surface area contributed by atoms with Gasteiger partial charge >= 0.3 is 0 Å². The molecule has 118 valence electrons. The molecule has 4 bridgehead atoms. The maximum atomic E-state index is 4.82. The van der Waals surface area contributed by atoms with Crippen molar-refractivity contribution in [2.24, 2.45) is 33.6 Å². The highest BCUT2D eigenvalue weighted by atomic mass is 32.2. The third kappa shape index (κ3) is 2.64. The van der Waals surface area contributed by atoms with Crippen LogP contribution in [-0.2, 0) is 0 Å². The lowest BCUT2D eigenvalue weighted by molar-refractivity contribution is -0.0671. The molecule has 0 amide bonds. The van der Waals surface area contributed by atoms with E-state index in [0.29, 0.717) is 16.9 Å². The van der Waals surface area contributed by atoms with Gasteiger partial charge in [-0.1, -0.05) is 25.6 Å². The quantitative estimate of drug-likeness (QED) is 0.822. The predicted molar refractivity (Wildman–Crippen MR) is 91.7 cm³/mol. The lowest BCUT2D eigenvalue weighted by Crippen LogP contribution is -2.55. The Kier molecular flexibility index (Phi) is 3.37. The van der Waals surface area contributed by atoms with Gasteiger partial charge in [-0.05, 0) is 74.0 Å². The average molecular weight is 307 g/mol. The SMILES string of the molecule is CC(NC1=NCC(C)(C)CS1)C12CC3CC(CC(C3)C1)C2. The molecule has 4 fully saturated rings. The molecule has 1 aliphatic heterocycles. The minimum atomic E-state index is 0.375. The van der Waals surface area contributed by atoms with Crippen molar-refractivity contribution in [1.82, 2.24) is 5.32 Å². The number of hydrogen-bond donors (Lipinski definition) is 1. The first kappa shape index (κ1) is 14.4. The molecular weight excluding hydrogens is 276 g/mol. The lowest BCUT2D eigenvalue weighted by Gasteiger charge is -2.59. The zero-order valence-corrected chi connectivity index (χ0v) is 14.6. The second-order valence-corrected chi connectivity index (χ2v) is 10.2.